The average Bonchev–Trinajstić information content (AvgIpc) is 3.79. The van der Waals surface area contributed by atoms with E-state index in [4.69, 9.17) is 0 Å². The van der Waals surface area contributed by atoms with Crippen molar-refractivity contribution < 1.29 is 0 Å². The molecule has 0 bridgehead atoms. The molecule has 0 N–H and O–H groups in total. The van der Waals surface area contributed by atoms with Crippen molar-refractivity contribution in [2.45, 2.75) is 5.41 Å². The Bertz CT molecular complexity index is 2810. The van der Waals surface area contributed by atoms with Crippen LogP contribution in [0.4, 0.5) is 0 Å². The van der Waals surface area contributed by atoms with Crippen LogP contribution in [-0.2, 0) is 5.41 Å². The van der Waals surface area contributed by atoms with Gasteiger partial charge in [-0.1, -0.05) is 155 Å². The minimum Gasteiger partial charge on any atom is -0.309 e. The lowest BCUT2D eigenvalue weighted by molar-refractivity contribution is 0.792. The second-order valence-electron chi connectivity index (χ2n) is 13.8. The molecule has 0 amide bonds. The lowest BCUT2D eigenvalue weighted by atomic mass is 9.70. The number of rotatable bonds is 3. The second kappa shape index (κ2) is 10.8. The third kappa shape index (κ3) is 3.97. The first-order valence-corrected chi connectivity index (χ1v) is 18.3. The molecule has 0 atom stereocenters. The van der Waals surface area contributed by atoms with E-state index in [9.17, 15) is 0 Å². The highest BCUT2D eigenvalue weighted by Gasteiger charge is 2.51. The Morgan fingerprint density at radius 1 is 0.353 bits per heavy atom. The van der Waals surface area contributed by atoms with E-state index in [1.165, 1.54) is 94.3 Å². The molecule has 8 aromatic carbocycles. The third-order valence-corrected chi connectivity index (χ3v) is 11.8. The number of nitrogens with zero attached hydrogens (tertiary/aromatic N) is 1. The molecule has 2 heteroatoms. The lowest BCUT2D eigenvalue weighted by Gasteiger charge is -2.30. The standard InChI is InChI=1S/C49H30BrN/c50-35-23-20-31(21-24-35)32-10-9-11-33(28-32)34-22-26-42-41-15-4-8-19-47(41)51(48(42)29-34)36-25-27-40-39-14-3-7-18-45(39)49(46(40)30-36)43-16-5-1-12-37(43)38-13-2-6-17-44(38)49/h1-30H. The Hall–Kier alpha value is -5.96. The van der Waals surface area contributed by atoms with E-state index in [1.54, 1.807) is 0 Å². The minimum atomic E-state index is -0.382. The van der Waals surface area contributed by atoms with Gasteiger partial charge in [-0.25, -0.2) is 0 Å². The molecule has 1 heterocycles. The monoisotopic (exact) mass is 711 g/mol. The molecule has 0 fully saturated rings. The Morgan fingerprint density at radius 2 is 0.882 bits per heavy atom. The zero-order valence-electron chi connectivity index (χ0n) is 27.6. The summed E-state index contributed by atoms with van der Waals surface area (Å²) < 4.78 is 3.57. The van der Waals surface area contributed by atoms with Crippen molar-refractivity contribution in [1.29, 1.82) is 0 Å². The Balaban J connectivity index is 1.16. The minimum absolute atomic E-state index is 0.382. The molecule has 11 rings (SSSR count). The van der Waals surface area contributed by atoms with Crippen molar-refractivity contribution in [2.24, 2.45) is 0 Å². The van der Waals surface area contributed by atoms with Gasteiger partial charge in [0.25, 0.3) is 0 Å². The van der Waals surface area contributed by atoms with Gasteiger partial charge in [0, 0.05) is 20.9 Å². The summed E-state index contributed by atoms with van der Waals surface area (Å²) in [6.45, 7) is 0. The Labute approximate surface area is 305 Å². The van der Waals surface area contributed by atoms with Gasteiger partial charge < -0.3 is 4.57 Å². The summed E-state index contributed by atoms with van der Waals surface area (Å²) in [6.07, 6.45) is 0. The smallest absolute Gasteiger partial charge is 0.0726 e. The van der Waals surface area contributed by atoms with Crippen LogP contribution in [0.5, 0.6) is 0 Å². The van der Waals surface area contributed by atoms with Crippen LogP contribution in [0, 0.1) is 0 Å². The molecular formula is C49H30BrN. The van der Waals surface area contributed by atoms with E-state index < -0.39 is 0 Å². The fourth-order valence-electron chi connectivity index (χ4n) is 9.17. The van der Waals surface area contributed by atoms with Crippen molar-refractivity contribution >= 4 is 37.7 Å². The SMILES string of the molecule is Brc1ccc(-c2cccc(-c3ccc4c5ccccc5n(-c5ccc6c(c5)C5(c7ccccc7-c7ccccc75)c5ccccc5-6)c4c3)c2)cc1. The number of para-hydroxylation sites is 1. The van der Waals surface area contributed by atoms with E-state index in [-0.39, 0.29) is 5.41 Å². The predicted octanol–water partition coefficient (Wildman–Crippen LogP) is 13.2. The molecule has 0 saturated heterocycles. The molecule has 1 nitrogen and oxygen atoms in total. The average molecular weight is 713 g/mol. The van der Waals surface area contributed by atoms with E-state index in [0.717, 1.165) is 4.47 Å². The molecular weight excluding hydrogens is 682 g/mol. The van der Waals surface area contributed by atoms with Crippen LogP contribution in [-0.4, -0.2) is 4.57 Å². The van der Waals surface area contributed by atoms with Gasteiger partial charge in [0.15, 0.2) is 0 Å². The number of hydrogen-bond acceptors (Lipinski definition) is 0. The number of hydrogen-bond donors (Lipinski definition) is 0. The fourth-order valence-corrected chi connectivity index (χ4v) is 9.44. The van der Waals surface area contributed by atoms with Crippen molar-refractivity contribution in [1.82, 2.24) is 4.57 Å². The second-order valence-corrected chi connectivity index (χ2v) is 14.7. The summed E-state index contributed by atoms with van der Waals surface area (Å²) in [5.74, 6) is 0. The van der Waals surface area contributed by atoms with E-state index in [1.807, 2.05) is 0 Å². The van der Waals surface area contributed by atoms with Crippen LogP contribution in [0.2, 0.25) is 0 Å². The zero-order chi connectivity index (χ0) is 33.7. The van der Waals surface area contributed by atoms with Crippen LogP contribution in [0.1, 0.15) is 22.3 Å². The maximum atomic E-state index is 3.59. The Morgan fingerprint density at radius 3 is 1.57 bits per heavy atom. The maximum Gasteiger partial charge on any atom is 0.0726 e. The normalized spacial score (nSPS) is 13.4. The highest BCUT2D eigenvalue weighted by Crippen LogP contribution is 2.63. The van der Waals surface area contributed by atoms with Crippen LogP contribution in [0.25, 0.3) is 72.0 Å². The first-order valence-electron chi connectivity index (χ1n) is 17.5. The van der Waals surface area contributed by atoms with E-state index in [2.05, 4.69) is 202 Å². The molecule has 0 aliphatic heterocycles. The summed E-state index contributed by atoms with van der Waals surface area (Å²) in [4.78, 5) is 0. The molecule has 0 saturated carbocycles. The number of aromatic nitrogens is 1. The van der Waals surface area contributed by atoms with E-state index in [0.29, 0.717) is 0 Å². The molecule has 2 aliphatic rings. The first kappa shape index (κ1) is 28.8. The van der Waals surface area contributed by atoms with Crippen molar-refractivity contribution in [3.05, 3.63) is 209 Å². The molecule has 51 heavy (non-hydrogen) atoms. The van der Waals surface area contributed by atoms with Gasteiger partial charge in [-0.2, -0.15) is 0 Å². The molecule has 0 radical (unpaired) electrons. The first-order chi connectivity index (χ1) is 25.2. The van der Waals surface area contributed by atoms with Gasteiger partial charge >= 0.3 is 0 Å². The maximum absolute atomic E-state index is 3.59. The van der Waals surface area contributed by atoms with Gasteiger partial charge in [0.1, 0.15) is 0 Å². The molecule has 2 aliphatic carbocycles. The van der Waals surface area contributed by atoms with Gasteiger partial charge in [-0.3, -0.25) is 0 Å². The highest BCUT2D eigenvalue weighted by atomic mass is 79.9. The molecule has 9 aromatic rings. The van der Waals surface area contributed by atoms with Crippen LogP contribution >= 0.6 is 15.9 Å². The summed E-state index contributed by atoms with van der Waals surface area (Å²) in [6, 6.07) is 67.6. The topological polar surface area (TPSA) is 4.93 Å². The zero-order valence-corrected chi connectivity index (χ0v) is 29.2. The van der Waals surface area contributed by atoms with Gasteiger partial charge in [0.2, 0.25) is 0 Å². The van der Waals surface area contributed by atoms with Crippen LogP contribution < -0.4 is 0 Å². The quantitative estimate of drug-likeness (QED) is 0.172. The molecule has 1 spiro atoms. The third-order valence-electron chi connectivity index (χ3n) is 11.3. The molecule has 0 unspecified atom stereocenters. The summed E-state index contributed by atoms with van der Waals surface area (Å²) in [5.41, 5.74) is 18.8. The predicted molar refractivity (Wildman–Crippen MR) is 216 cm³/mol. The molecule has 238 valence electrons. The lowest BCUT2D eigenvalue weighted by Crippen LogP contribution is -2.26. The van der Waals surface area contributed by atoms with Gasteiger partial charge in [-0.15, -0.1) is 0 Å². The fraction of sp³-hybridized carbons (Fsp3) is 0.0204. The van der Waals surface area contributed by atoms with Crippen molar-refractivity contribution in [3.63, 3.8) is 0 Å². The van der Waals surface area contributed by atoms with Crippen molar-refractivity contribution in [2.75, 3.05) is 0 Å². The van der Waals surface area contributed by atoms with Crippen LogP contribution in [0.3, 0.4) is 0 Å². The molecule has 1 aromatic heterocycles. The van der Waals surface area contributed by atoms with Gasteiger partial charge in [-0.05, 0) is 109 Å². The number of benzene rings is 8. The van der Waals surface area contributed by atoms with Gasteiger partial charge in [0.05, 0.1) is 16.4 Å². The van der Waals surface area contributed by atoms with E-state index >= 15 is 0 Å². The number of halogens is 1. The summed E-state index contributed by atoms with van der Waals surface area (Å²) in [5, 5.41) is 2.52. The Kier molecular flexibility index (Phi) is 6.09. The largest absolute Gasteiger partial charge is 0.309 e. The summed E-state index contributed by atoms with van der Waals surface area (Å²) in [7, 11) is 0. The number of fused-ring (bicyclic) bond motifs is 13. The van der Waals surface area contributed by atoms with Crippen molar-refractivity contribution in [3.8, 4) is 50.2 Å². The summed E-state index contributed by atoms with van der Waals surface area (Å²) >= 11 is 3.59. The highest BCUT2D eigenvalue weighted by molar-refractivity contribution is 9.10. The van der Waals surface area contributed by atoms with Crippen LogP contribution in [0.15, 0.2) is 186 Å².